The number of aromatic hydroxyl groups is 1. The van der Waals surface area contributed by atoms with E-state index in [4.69, 9.17) is 0 Å². The van der Waals surface area contributed by atoms with E-state index >= 15 is 0 Å². The number of phenols is 1. The highest BCUT2D eigenvalue weighted by molar-refractivity contribution is 5.44. The van der Waals surface area contributed by atoms with E-state index < -0.39 is 0 Å². The van der Waals surface area contributed by atoms with Gasteiger partial charge in [-0.2, -0.15) is 0 Å². The Balaban J connectivity index is 1.85. The minimum Gasteiger partial charge on any atom is -0.507 e. The molecule has 0 aliphatic heterocycles. The van der Waals surface area contributed by atoms with Gasteiger partial charge in [0.2, 0.25) is 0 Å². The summed E-state index contributed by atoms with van der Waals surface area (Å²) in [5.41, 5.74) is 3.47. The van der Waals surface area contributed by atoms with Crippen molar-refractivity contribution in [3.05, 3.63) is 65.2 Å². The van der Waals surface area contributed by atoms with Gasteiger partial charge in [-0.3, -0.25) is 0 Å². The van der Waals surface area contributed by atoms with Gasteiger partial charge in [0.15, 0.2) is 0 Å². The maximum atomic E-state index is 10.6. The minimum absolute atomic E-state index is 0.531. The molecule has 0 spiro atoms. The molecule has 0 unspecified atom stereocenters. The Morgan fingerprint density at radius 3 is 2.35 bits per heavy atom. The third kappa shape index (κ3) is 2.87. The Morgan fingerprint density at radius 1 is 0.850 bits per heavy atom. The highest BCUT2D eigenvalue weighted by Gasteiger charge is 2.19. The lowest BCUT2D eigenvalue weighted by Gasteiger charge is -2.23. The van der Waals surface area contributed by atoms with Crippen LogP contribution in [0, 0.1) is 0 Å². The van der Waals surface area contributed by atoms with E-state index in [1.54, 1.807) is 0 Å². The normalized spacial score (nSPS) is 16.2. The van der Waals surface area contributed by atoms with Crippen LogP contribution < -0.4 is 0 Å². The molecule has 1 aliphatic carbocycles. The summed E-state index contributed by atoms with van der Waals surface area (Å²) in [7, 11) is 0. The van der Waals surface area contributed by atoms with Gasteiger partial charge in [0, 0.05) is 6.42 Å². The summed E-state index contributed by atoms with van der Waals surface area (Å²) >= 11 is 0. The van der Waals surface area contributed by atoms with E-state index in [0.717, 1.165) is 17.5 Å². The van der Waals surface area contributed by atoms with Crippen molar-refractivity contribution in [2.75, 3.05) is 0 Å². The summed E-state index contributed by atoms with van der Waals surface area (Å²) in [6.45, 7) is 0. The first-order chi connectivity index (χ1) is 9.84. The number of phenolic OH excluding ortho intramolecular Hbond substituents is 1. The molecule has 1 aliphatic rings. The molecule has 0 radical (unpaired) electrons. The lowest BCUT2D eigenvalue weighted by molar-refractivity contribution is 0.412. The van der Waals surface area contributed by atoms with Crippen molar-refractivity contribution >= 4 is 0 Å². The van der Waals surface area contributed by atoms with Gasteiger partial charge >= 0.3 is 0 Å². The Bertz CT molecular complexity index is 553. The maximum Gasteiger partial charge on any atom is 0.122 e. The van der Waals surface area contributed by atoms with Crippen LogP contribution in [0.3, 0.4) is 0 Å². The number of benzene rings is 2. The predicted molar refractivity (Wildman–Crippen MR) is 83.2 cm³/mol. The van der Waals surface area contributed by atoms with Crippen molar-refractivity contribution in [2.24, 2.45) is 0 Å². The van der Waals surface area contributed by atoms with Gasteiger partial charge < -0.3 is 5.11 Å². The third-order valence-corrected chi connectivity index (χ3v) is 4.43. The maximum absolute atomic E-state index is 10.6. The molecule has 0 amide bonds. The molecule has 1 saturated carbocycles. The number of rotatable bonds is 3. The smallest absolute Gasteiger partial charge is 0.122 e. The van der Waals surface area contributed by atoms with E-state index in [2.05, 4.69) is 42.5 Å². The molecule has 1 N–H and O–H groups in total. The summed E-state index contributed by atoms with van der Waals surface area (Å²) < 4.78 is 0. The first-order valence-corrected chi connectivity index (χ1v) is 7.69. The first kappa shape index (κ1) is 13.2. The molecular weight excluding hydrogens is 244 g/mol. The molecule has 2 aromatic rings. The molecule has 0 bridgehead atoms. The Kier molecular flexibility index (Phi) is 4.05. The van der Waals surface area contributed by atoms with Crippen LogP contribution in [0.15, 0.2) is 48.5 Å². The monoisotopic (exact) mass is 266 g/mol. The first-order valence-electron chi connectivity index (χ1n) is 7.69. The number of hydrogen-bond donors (Lipinski definition) is 1. The lowest BCUT2D eigenvalue weighted by atomic mass is 9.82. The Labute approximate surface area is 121 Å². The summed E-state index contributed by atoms with van der Waals surface area (Å²) in [5, 5.41) is 10.6. The minimum atomic E-state index is 0.531. The zero-order chi connectivity index (χ0) is 13.8. The predicted octanol–water partition coefficient (Wildman–Crippen LogP) is 5.03. The van der Waals surface area contributed by atoms with Gasteiger partial charge in [0.05, 0.1) is 0 Å². The SMILES string of the molecule is Oc1c(Cc2ccccc2)cccc1C1CCCCC1. The molecule has 0 saturated heterocycles. The van der Waals surface area contributed by atoms with Crippen molar-refractivity contribution < 1.29 is 5.11 Å². The van der Waals surface area contributed by atoms with Crippen LogP contribution in [0.5, 0.6) is 5.75 Å². The molecule has 1 nitrogen and oxygen atoms in total. The van der Waals surface area contributed by atoms with Crippen LogP contribution in [0.4, 0.5) is 0 Å². The van der Waals surface area contributed by atoms with Crippen LogP contribution in [0.25, 0.3) is 0 Å². The molecule has 1 fully saturated rings. The second kappa shape index (κ2) is 6.13. The molecule has 3 rings (SSSR count). The molecule has 20 heavy (non-hydrogen) atoms. The molecule has 0 atom stereocenters. The number of para-hydroxylation sites is 1. The number of hydrogen-bond acceptors (Lipinski definition) is 1. The fraction of sp³-hybridized carbons (Fsp3) is 0.368. The second-order valence-electron chi connectivity index (χ2n) is 5.85. The van der Waals surface area contributed by atoms with Gasteiger partial charge in [-0.1, -0.05) is 67.8 Å². The average molecular weight is 266 g/mol. The molecule has 104 valence electrons. The average Bonchev–Trinajstić information content (AvgIpc) is 2.51. The Hall–Kier alpha value is -1.76. The van der Waals surface area contributed by atoms with Gasteiger partial charge in [-0.15, -0.1) is 0 Å². The molecule has 0 heterocycles. The summed E-state index contributed by atoms with van der Waals surface area (Å²) in [5.74, 6) is 1.09. The van der Waals surface area contributed by atoms with E-state index in [0.29, 0.717) is 11.7 Å². The fourth-order valence-electron chi connectivity index (χ4n) is 3.31. The molecule has 2 aromatic carbocycles. The van der Waals surface area contributed by atoms with Crippen LogP contribution in [-0.4, -0.2) is 5.11 Å². The van der Waals surface area contributed by atoms with Gasteiger partial charge in [0.25, 0.3) is 0 Å². The summed E-state index contributed by atoms with van der Waals surface area (Å²) in [6.07, 6.45) is 7.21. The van der Waals surface area contributed by atoms with E-state index in [9.17, 15) is 5.11 Å². The van der Waals surface area contributed by atoms with Crippen LogP contribution >= 0.6 is 0 Å². The van der Waals surface area contributed by atoms with Crippen LogP contribution in [-0.2, 0) is 6.42 Å². The largest absolute Gasteiger partial charge is 0.507 e. The summed E-state index contributed by atoms with van der Waals surface area (Å²) in [4.78, 5) is 0. The van der Waals surface area contributed by atoms with Gasteiger partial charge in [0.1, 0.15) is 5.75 Å². The third-order valence-electron chi connectivity index (χ3n) is 4.43. The van der Waals surface area contributed by atoms with E-state index in [-0.39, 0.29) is 0 Å². The fourth-order valence-corrected chi connectivity index (χ4v) is 3.31. The standard InChI is InChI=1S/C19H22O/c20-19-17(14-15-8-3-1-4-9-15)12-7-13-18(19)16-10-5-2-6-11-16/h1,3-4,7-9,12-13,16,20H,2,5-6,10-11,14H2. The zero-order valence-electron chi connectivity index (χ0n) is 11.9. The summed E-state index contributed by atoms with van der Waals surface area (Å²) in [6, 6.07) is 16.6. The quantitative estimate of drug-likeness (QED) is 0.826. The van der Waals surface area contributed by atoms with Crippen molar-refractivity contribution in [2.45, 2.75) is 44.4 Å². The van der Waals surface area contributed by atoms with E-state index in [1.165, 1.54) is 37.7 Å². The van der Waals surface area contributed by atoms with Crippen LogP contribution in [0.2, 0.25) is 0 Å². The van der Waals surface area contributed by atoms with Gasteiger partial charge in [-0.05, 0) is 35.4 Å². The molecule has 0 aromatic heterocycles. The van der Waals surface area contributed by atoms with Crippen molar-refractivity contribution in [1.29, 1.82) is 0 Å². The van der Waals surface area contributed by atoms with Crippen molar-refractivity contribution in [3.8, 4) is 5.75 Å². The second-order valence-corrected chi connectivity index (χ2v) is 5.85. The highest BCUT2D eigenvalue weighted by atomic mass is 16.3. The highest BCUT2D eigenvalue weighted by Crippen LogP contribution is 2.38. The molecule has 1 heteroatoms. The Morgan fingerprint density at radius 2 is 1.60 bits per heavy atom. The van der Waals surface area contributed by atoms with E-state index in [1.807, 2.05) is 6.07 Å². The molecular formula is C19H22O. The zero-order valence-corrected chi connectivity index (χ0v) is 11.9. The van der Waals surface area contributed by atoms with Crippen molar-refractivity contribution in [1.82, 2.24) is 0 Å². The van der Waals surface area contributed by atoms with Crippen LogP contribution in [0.1, 0.15) is 54.7 Å². The van der Waals surface area contributed by atoms with Gasteiger partial charge in [-0.25, -0.2) is 0 Å². The lowest BCUT2D eigenvalue weighted by Crippen LogP contribution is -2.05. The van der Waals surface area contributed by atoms with Crippen molar-refractivity contribution in [3.63, 3.8) is 0 Å². The topological polar surface area (TPSA) is 20.2 Å².